The van der Waals surface area contributed by atoms with Gasteiger partial charge in [0.15, 0.2) is 0 Å². The average Bonchev–Trinajstić information content (AvgIpc) is 2.53. The third kappa shape index (κ3) is 2.55. The van der Waals surface area contributed by atoms with Crippen molar-refractivity contribution in [1.82, 2.24) is 4.98 Å². The predicted molar refractivity (Wildman–Crippen MR) is 91.1 cm³/mol. The number of aromatic nitrogens is 1. The molecule has 4 rings (SSSR count). The van der Waals surface area contributed by atoms with Gasteiger partial charge in [-0.15, -0.1) is 0 Å². The second kappa shape index (κ2) is 5.44. The standard InChI is InChI=1S/C19H15NO5/c1-9-3-4-14-11(5-9)7-13(18(22)20-14)12-8-16(21)25-15-6-10(2)24-19(23)17(12)15/h3-7,12H,8H2,1-2H3,(H,20,22)/t12-/m1/s1. The van der Waals surface area contributed by atoms with Gasteiger partial charge in [-0.3, -0.25) is 9.59 Å². The van der Waals surface area contributed by atoms with Crippen molar-refractivity contribution in [2.45, 2.75) is 26.2 Å². The summed E-state index contributed by atoms with van der Waals surface area (Å²) in [6.45, 7) is 3.56. The fourth-order valence-corrected chi connectivity index (χ4v) is 3.29. The first kappa shape index (κ1) is 15.4. The van der Waals surface area contributed by atoms with Crippen LogP contribution in [0.15, 0.2) is 44.3 Å². The summed E-state index contributed by atoms with van der Waals surface area (Å²) < 4.78 is 10.3. The van der Waals surface area contributed by atoms with Gasteiger partial charge in [-0.2, -0.15) is 0 Å². The van der Waals surface area contributed by atoms with Crippen LogP contribution in [0.5, 0.6) is 5.75 Å². The third-order valence-electron chi connectivity index (χ3n) is 4.42. The number of aromatic amines is 1. The number of aryl methyl sites for hydroxylation is 2. The van der Waals surface area contributed by atoms with Crippen LogP contribution >= 0.6 is 0 Å². The molecule has 1 aromatic carbocycles. The largest absolute Gasteiger partial charge is 0.428 e. The SMILES string of the molecule is Cc1ccc2[nH]c(=O)c([C@H]3CC(=O)Oc4cc(C)oc(=O)c43)cc2c1. The molecule has 1 atom stereocenters. The van der Waals surface area contributed by atoms with E-state index in [4.69, 9.17) is 9.15 Å². The highest BCUT2D eigenvalue weighted by molar-refractivity contribution is 5.81. The average molecular weight is 337 g/mol. The van der Waals surface area contributed by atoms with Gasteiger partial charge in [0.2, 0.25) is 0 Å². The van der Waals surface area contributed by atoms with Gasteiger partial charge in [0, 0.05) is 23.1 Å². The molecule has 0 fully saturated rings. The molecule has 3 heterocycles. The van der Waals surface area contributed by atoms with Crippen LogP contribution < -0.4 is 15.9 Å². The van der Waals surface area contributed by atoms with E-state index in [9.17, 15) is 14.4 Å². The lowest BCUT2D eigenvalue weighted by Crippen LogP contribution is -2.30. The van der Waals surface area contributed by atoms with E-state index >= 15 is 0 Å². The zero-order valence-corrected chi connectivity index (χ0v) is 13.7. The number of ether oxygens (including phenoxy) is 1. The smallest absolute Gasteiger partial charge is 0.343 e. The van der Waals surface area contributed by atoms with Crippen molar-refractivity contribution in [3.05, 3.63) is 73.6 Å². The first-order valence-electron chi connectivity index (χ1n) is 7.91. The minimum absolute atomic E-state index is 0.0821. The van der Waals surface area contributed by atoms with E-state index < -0.39 is 17.5 Å². The van der Waals surface area contributed by atoms with E-state index in [-0.39, 0.29) is 23.3 Å². The summed E-state index contributed by atoms with van der Waals surface area (Å²) in [5.74, 6) is -0.660. The fraction of sp³-hybridized carbons (Fsp3) is 0.211. The minimum atomic E-state index is -0.693. The molecule has 3 aromatic rings. The van der Waals surface area contributed by atoms with Gasteiger partial charge in [0.05, 0.1) is 12.0 Å². The number of H-pyrrole nitrogens is 1. The molecule has 0 unspecified atom stereocenters. The number of rotatable bonds is 1. The maximum absolute atomic E-state index is 12.6. The first-order valence-corrected chi connectivity index (χ1v) is 7.91. The molecule has 1 N–H and O–H groups in total. The van der Waals surface area contributed by atoms with Crippen molar-refractivity contribution in [3.63, 3.8) is 0 Å². The van der Waals surface area contributed by atoms with Crippen LogP contribution in [-0.4, -0.2) is 11.0 Å². The van der Waals surface area contributed by atoms with E-state index in [0.717, 1.165) is 10.9 Å². The summed E-state index contributed by atoms with van der Waals surface area (Å²) in [6, 6.07) is 8.90. The summed E-state index contributed by atoms with van der Waals surface area (Å²) in [4.78, 5) is 39.7. The van der Waals surface area contributed by atoms with Crippen molar-refractivity contribution in [3.8, 4) is 5.75 Å². The summed E-state index contributed by atoms with van der Waals surface area (Å²) in [6.07, 6.45) is -0.0821. The predicted octanol–water partition coefficient (Wildman–Crippen LogP) is 2.54. The zero-order chi connectivity index (χ0) is 17.7. The number of carbonyl (C=O) groups is 1. The second-order valence-electron chi connectivity index (χ2n) is 6.30. The highest BCUT2D eigenvalue weighted by Gasteiger charge is 2.34. The van der Waals surface area contributed by atoms with Crippen molar-refractivity contribution in [1.29, 1.82) is 0 Å². The van der Waals surface area contributed by atoms with Gasteiger partial charge in [-0.1, -0.05) is 11.6 Å². The van der Waals surface area contributed by atoms with E-state index in [1.54, 1.807) is 13.0 Å². The molecule has 0 amide bonds. The highest BCUT2D eigenvalue weighted by atomic mass is 16.5. The lowest BCUT2D eigenvalue weighted by molar-refractivity contribution is -0.135. The van der Waals surface area contributed by atoms with Crippen LogP contribution in [0, 0.1) is 13.8 Å². The Labute approximate surface area is 142 Å². The van der Waals surface area contributed by atoms with Crippen molar-refractivity contribution in [2.75, 3.05) is 0 Å². The van der Waals surface area contributed by atoms with Crippen LogP contribution in [0.4, 0.5) is 0 Å². The number of pyridine rings is 1. The van der Waals surface area contributed by atoms with E-state index in [1.165, 1.54) is 6.07 Å². The first-order chi connectivity index (χ1) is 11.9. The summed E-state index contributed by atoms with van der Waals surface area (Å²) in [5, 5.41) is 0.839. The van der Waals surface area contributed by atoms with E-state index in [0.29, 0.717) is 16.8 Å². The Morgan fingerprint density at radius 2 is 1.88 bits per heavy atom. The van der Waals surface area contributed by atoms with Gasteiger partial charge >= 0.3 is 11.6 Å². The number of hydrogen-bond acceptors (Lipinski definition) is 5. The fourth-order valence-electron chi connectivity index (χ4n) is 3.29. The molecular weight excluding hydrogens is 322 g/mol. The van der Waals surface area contributed by atoms with Crippen molar-refractivity contribution in [2.24, 2.45) is 0 Å². The number of hydrogen-bond donors (Lipinski definition) is 1. The Bertz CT molecular complexity index is 1140. The molecule has 0 aliphatic carbocycles. The molecule has 0 spiro atoms. The second-order valence-corrected chi connectivity index (χ2v) is 6.30. The topological polar surface area (TPSA) is 89.4 Å². The van der Waals surface area contributed by atoms with Crippen LogP contribution in [0.25, 0.3) is 10.9 Å². The normalized spacial score (nSPS) is 16.6. The van der Waals surface area contributed by atoms with E-state index in [2.05, 4.69) is 4.98 Å². The molecular formula is C19H15NO5. The Balaban J connectivity index is 1.98. The van der Waals surface area contributed by atoms with Crippen LogP contribution in [-0.2, 0) is 4.79 Å². The molecule has 1 aliphatic heterocycles. The van der Waals surface area contributed by atoms with Gasteiger partial charge in [0.1, 0.15) is 11.5 Å². The molecule has 126 valence electrons. The zero-order valence-electron chi connectivity index (χ0n) is 13.7. The van der Waals surface area contributed by atoms with Crippen LogP contribution in [0.3, 0.4) is 0 Å². The number of benzene rings is 1. The monoisotopic (exact) mass is 337 g/mol. The third-order valence-corrected chi connectivity index (χ3v) is 4.42. The molecule has 0 radical (unpaired) electrons. The maximum Gasteiger partial charge on any atom is 0.343 e. The number of esters is 1. The molecule has 0 bridgehead atoms. The van der Waals surface area contributed by atoms with Crippen molar-refractivity contribution < 1.29 is 13.9 Å². The lowest BCUT2D eigenvalue weighted by Gasteiger charge is -2.23. The summed E-state index contributed by atoms with van der Waals surface area (Å²) >= 11 is 0. The molecule has 2 aromatic heterocycles. The van der Waals surface area contributed by atoms with Crippen LogP contribution in [0.1, 0.15) is 34.8 Å². The number of fused-ring (bicyclic) bond motifs is 2. The van der Waals surface area contributed by atoms with Gasteiger partial charge in [-0.05, 0) is 37.4 Å². The van der Waals surface area contributed by atoms with Gasteiger partial charge < -0.3 is 14.1 Å². The lowest BCUT2D eigenvalue weighted by atomic mass is 9.87. The maximum atomic E-state index is 12.6. The van der Waals surface area contributed by atoms with Gasteiger partial charge in [-0.25, -0.2) is 4.79 Å². The molecule has 0 saturated heterocycles. The summed E-state index contributed by atoms with van der Waals surface area (Å²) in [5.41, 5.74) is 1.39. The number of nitrogens with one attached hydrogen (secondary N) is 1. The Hall–Kier alpha value is -3.15. The Kier molecular flexibility index (Phi) is 3.35. The van der Waals surface area contributed by atoms with Crippen molar-refractivity contribution >= 4 is 16.9 Å². The van der Waals surface area contributed by atoms with Gasteiger partial charge in [0.25, 0.3) is 5.56 Å². The quantitative estimate of drug-likeness (QED) is 0.689. The van der Waals surface area contributed by atoms with E-state index in [1.807, 2.05) is 25.1 Å². The Morgan fingerprint density at radius 1 is 1.08 bits per heavy atom. The number of carbonyl (C=O) groups excluding carboxylic acids is 1. The minimum Gasteiger partial charge on any atom is -0.428 e. The molecule has 1 aliphatic rings. The molecule has 25 heavy (non-hydrogen) atoms. The highest BCUT2D eigenvalue weighted by Crippen LogP contribution is 2.36. The summed E-state index contributed by atoms with van der Waals surface area (Å²) in [7, 11) is 0. The van der Waals surface area contributed by atoms with Crippen LogP contribution in [0.2, 0.25) is 0 Å². The molecule has 6 nitrogen and oxygen atoms in total. The Morgan fingerprint density at radius 3 is 2.68 bits per heavy atom. The molecule has 0 saturated carbocycles. The molecule has 6 heteroatoms.